The SMILES string of the molecule is CC(C)(C)OC(=O)N1C2C=C(c3cc(OC(F)(F)F)ccc3F)CC1COC2. The van der Waals surface area contributed by atoms with E-state index in [0.717, 1.165) is 18.2 Å². The maximum absolute atomic E-state index is 14.3. The molecule has 2 atom stereocenters. The molecular weight excluding hydrogens is 382 g/mol. The molecule has 0 N–H and O–H groups in total. The Balaban J connectivity index is 1.89. The van der Waals surface area contributed by atoms with Crippen LogP contribution in [0, 0.1) is 5.82 Å². The molecule has 9 heteroatoms. The molecule has 0 spiro atoms. The Morgan fingerprint density at radius 3 is 2.54 bits per heavy atom. The van der Waals surface area contributed by atoms with Crippen molar-refractivity contribution in [2.45, 2.75) is 51.2 Å². The Labute approximate surface area is 159 Å². The zero-order chi connectivity index (χ0) is 20.7. The zero-order valence-corrected chi connectivity index (χ0v) is 15.7. The molecule has 5 nitrogen and oxygen atoms in total. The largest absolute Gasteiger partial charge is 0.573 e. The van der Waals surface area contributed by atoms with Crippen molar-refractivity contribution in [2.24, 2.45) is 0 Å². The van der Waals surface area contributed by atoms with Gasteiger partial charge in [-0.1, -0.05) is 6.08 Å². The van der Waals surface area contributed by atoms with Gasteiger partial charge in [0.05, 0.1) is 25.3 Å². The second-order valence-corrected chi connectivity index (χ2v) is 7.73. The lowest BCUT2D eigenvalue weighted by molar-refractivity contribution is -0.274. The second-order valence-electron chi connectivity index (χ2n) is 7.73. The van der Waals surface area contributed by atoms with Crippen molar-refractivity contribution in [3.8, 4) is 5.75 Å². The predicted octanol–water partition coefficient (Wildman–Crippen LogP) is 4.52. The summed E-state index contributed by atoms with van der Waals surface area (Å²) in [6, 6.07) is 1.98. The van der Waals surface area contributed by atoms with E-state index in [4.69, 9.17) is 9.47 Å². The number of morpholine rings is 1. The van der Waals surface area contributed by atoms with Crippen molar-refractivity contribution < 1.29 is 36.6 Å². The van der Waals surface area contributed by atoms with E-state index in [1.807, 2.05) is 0 Å². The first-order valence-corrected chi connectivity index (χ1v) is 8.78. The molecule has 2 aliphatic rings. The lowest BCUT2D eigenvalue weighted by atomic mass is 9.89. The Morgan fingerprint density at radius 2 is 1.93 bits per heavy atom. The molecule has 1 amide bonds. The molecule has 154 valence electrons. The van der Waals surface area contributed by atoms with Crippen molar-refractivity contribution in [3.05, 3.63) is 35.7 Å². The van der Waals surface area contributed by atoms with Crippen molar-refractivity contribution >= 4 is 11.7 Å². The Hall–Kier alpha value is -2.29. The number of ether oxygens (including phenoxy) is 3. The van der Waals surface area contributed by atoms with Gasteiger partial charge in [0, 0.05) is 5.56 Å². The molecule has 0 saturated carbocycles. The van der Waals surface area contributed by atoms with Gasteiger partial charge < -0.3 is 14.2 Å². The molecule has 2 aliphatic heterocycles. The van der Waals surface area contributed by atoms with Crippen LogP contribution in [-0.4, -0.2) is 48.3 Å². The van der Waals surface area contributed by atoms with Gasteiger partial charge in [0.15, 0.2) is 0 Å². The average molecular weight is 403 g/mol. The highest BCUT2D eigenvalue weighted by Crippen LogP contribution is 2.36. The lowest BCUT2D eigenvalue weighted by Gasteiger charge is -2.44. The van der Waals surface area contributed by atoms with E-state index in [1.54, 1.807) is 31.7 Å². The van der Waals surface area contributed by atoms with E-state index in [9.17, 15) is 22.4 Å². The molecule has 1 aromatic carbocycles. The molecule has 2 heterocycles. The van der Waals surface area contributed by atoms with E-state index in [0.29, 0.717) is 5.57 Å². The van der Waals surface area contributed by atoms with Crippen LogP contribution < -0.4 is 4.74 Å². The van der Waals surface area contributed by atoms with E-state index in [2.05, 4.69) is 4.74 Å². The molecule has 0 aliphatic carbocycles. The van der Waals surface area contributed by atoms with Crippen LogP contribution in [0.4, 0.5) is 22.4 Å². The third kappa shape index (κ3) is 4.76. The summed E-state index contributed by atoms with van der Waals surface area (Å²) in [6.07, 6.45) is -3.51. The van der Waals surface area contributed by atoms with Crippen molar-refractivity contribution in [3.63, 3.8) is 0 Å². The fraction of sp³-hybridized carbons (Fsp3) is 0.526. The minimum atomic E-state index is -4.87. The fourth-order valence-corrected chi connectivity index (χ4v) is 3.34. The highest BCUT2D eigenvalue weighted by atomic mass is 19.4. The summed E-state index contributed by atoms with van der Waals surface area (Å²) < 4.78 is 66.6. The number of halogens is 4. The summed E-state index contributed by atoms with van der Waals surface area (Å²) >= 11 is 0. The van der Waals surface area contributed by atoms with Crippen LogP contribution in [0.5, 0.6) is 5.75 Å². The monoisotopic (exact) mass is 403 g/mol. The first kappa shape index (κ1) is 20.4. The van der Waals surface area contributed by atoms with Crippen LogP contribution in [0.1, 0.15) is 32.8 Å². The molecule has 0 aromatic heterocycles. The lowest BCUT2D eigenvalue weighted by Crippen LogP contribution is -2.57. The van der Waals surface area contributed by atoms with Gasteiger partial charge in [-0.05, 0) is 51.0 Å². The number of hydrogen-bond donors (Lipinski definition) is 0. The van der Waals surface area contributed by atoms with Gasteiger partial charge in [0.2, 0.25) is 0 Å². The van der Waals surface area contributed by atoms with Gasteiger partial charge in [0.1, 0.15) is 17.2 Å². The maximum Gasteiger partial charge on any atom is 0.573 e. The zero-order valence-electron chi connectivity index (χ0n) is 15.7. The van der Waals surface area contributed by atoms with Crippen molar-refractivity contribution in [2.75, 3.05) is 13.2 Å². The van der Waals surface area contributed by atoms with Gasteiger partial charge in [-0.3, -0.25) is 4.90 Å². The van der Waals surface area contributed by atoms with Gasteiger partial charge in [-0.2, -0.15) is 0 Å². The highest BCUT2D eigenvalue weighted by Gasteiger charge is 2.40. The number of alkyl halides is 3. The second kappa shape index (κ2) is 7.27. The standard InChI is InChI=1S/C19H21F4NO4/c1-18(2,3)28-17(25)24-12-6-11(7-13(24)10-26-9-12)15-8-14(4-5-16(15)20)27-19(21,22)23/h4-6,8,12-13H,7,9-10H2,1-3H3. The van der Waals surface area contributed by atoms with E-state index in [1.165, 1.54) is 0 Å². The van der Waals surface area contributed by atoms with Gasteiger partial charge in [-0.15, -0.1) is 13.2 Å². The maximum atomic E-state index is 14.3. The molecule has 0 radical (unpaired) electrons. The smallest absolute Gasteiger partial charge is 0.444 e. The van der Waals surface area contributed by atoms with Crippen LogP contribution in [-0.2, 0) is 9.47 Å². The summed E-state index contributed by atoms with van der Waals surface area (Å²) in [5, 5.41) is 0. The Kier molecular flexibility index (Phi) is 5.31. The number of benzene rings is 1. The van der Waals surface area contributed by atoms with Crippen LogP contribution >= 0.6 is 0 Å². The first-order valence-electron chi connectivity index (χ1n) is 8.78. The number of rotatable bonds is 2. The average Bonchev–Trinajstić information content (AvgIpc) is 2.52. The predicted molar refractivity (Wildman–Crippen MR) is 92.1 cm³/mol. The van der Waals surface area contributed by atoms with Gasteiger partial charge >= 0.3 is 12.5 Å². The van der Waals surface area contributed by atoms with Gasteiger partial charge in [0.25, 0.3) is 0 Å². The molecule has 1 saturated heterocycles. The summed E-state index contributed by atoms with van der Waals surface area (Å²) in [7, 11) is 0. The third-order valence-corrected chi connectivity index (χ3v) is 4.32. The highest BCUT2D eigenvalue weighted by molar-refractivity contribution is 5.75. The minimum Gasteiger partial charge on any atom is -0.444 e. The number of carbonyl (C=O) groups is 1. The number of carbonyl (C=O) groups excluding carboxylic acids is 1. The number of fused-ring (bicyclic) bond motifs is 2. The van der Waals surface area contributed by atoms with E-state index in [-0.39, 0.29) is 25.2 Å². The summed E-state index contributed by atoms with van der Waals surface area (Å²) in [5.74, 6) is -1.16. The topological polar surface area (TPSA) is 48.0 Å². The molecule has 28 heavy (non-hydrogen) atoms. The van der Waals surface area contributed by atoms with Crippen LogP contribution in [0.25, 0.3) is 5.57 Å². The molecule has 1 aromatic rings. The van der Waals surface area contributed by atoms with Crippen LogP contribution in [0.15, 0.2) is 24.3 Å². The summed E-state index contributed by atoms with van der Waals surface area (Å²) in [5.41, 5.74) is -0.156. The number of nitrogens with zero attached hydrogens (tertiary/aromatic N) is 1. The molecule has 3 rings (SSSR count). The quantitative estimate of drug-likeness (QED) is 0.682. The van der Waals surface area contributed by atoms with Crippen LogP contribution in [0.2, 0.25) is 0 Å². The molecule has 2 unspecified atom stereocenters. The summed E-state index contributed by atoms with van der Waals surface area (Å²) in [4.78, 5) is 14.1. The Bertz CT molecular complexity index is 785. The number of amides is 1. The minimum absolute atomic E-state index is 0.0162. The normalized spacial score (nSPS) is 22.5. The van der Waals surface area contributed by atoms with E-state index >= 15 is 0 Å². The summed E-state index contributed by atoms with van der Waals surface area (Å²) in [6.45, 7) is 5.69. The van der Waals surface area contributed by atoms with Crippen LogP contribution in [0.3, 0.4) is 0 Å². The third-order valence-electron chi connectivity index (χ3n) is 4.32. The fourth-order valence-electron chi connectivity index (χ4n) is 3.34. The molecule has 2 bridgehead atoms. The molecule has 1 fully saturated rings. The van der Waals surface area contributed by atoms with Gasteiger partial charge in [-0.25, -0.2) is 9.18 Å². The first-order chi connectivity index (χ1) is 12.9. The van der Waals surface area contributed by atoms with E-state index < -0.39 is 41.7 Å². The Morgan fingerprint density at radius 1 is 1.21 bits per heavy atom. The van der Waals surface area contributed by atoms with Crippen molar-refractivity contribution in [1.82, 2.24) is 4.90 Å². The van der Waals surface area contributed by atoms with Crippen molar-refractivity contribution in [1.29, 1.82) is 0 Å². The molecular formula is C19H21F4NO4. The number of hydrogen-bond acceptors (Lipinski definition) is 4.